The number of hydrogen-bond acceptors (Lipinski definition) is 5. The summed E-state index contributed by atoms with van der Waals surface area (Å²) < 4.78 is 5.00. The van der Waals surface area contributed by atoms with Crippen molar-refractivity contribution in [3.63, 3.8) is 0 Å². The summed E-state index contributed by atoms with van der Waals surface area (Å²) in [7, 11) is 0. The maximum Gasteiger partial charge on any atom is 0.410 e. The molecule has 0 N–H and O–H groups in total. The zero-order valence-corrected chi connectivity index (χ0v) is 26.6. The van der Waals surface area contributed by atoms with Gasteiger partial charge in [0.25, 0.3) is 11.8 Å². The largest absolute Gasteiger partial charge is 0.445 e. The highest BCUT2D eigenvalue weighted by molar-refractivity contribution is 8.01. The smallest absolute Gasteiger partial charge is 0.410 e. The first-order valence-corrected chi connectivity index (χ1v) is 16.3. The van der Waals surface area contributed by atoms with Gasteiger partial charge in [0.05, 0.1) is 28.5 Å². The predicted molar refractivity (Wildman–Crippen MR) is 183 cm³/mol. The topological polar surface area (TPSA) is 66.9 Å². The van der Waals surface area contributed by atoms with Crippen LogP contribution >= 0.6 is 11.8 Å². The Bertz CT molecular complexity index is 1630. The van der Waals surface area contributed by atoms with Crippen LogP contribution in [0.3, 0.4) is 0 Å². The third-order valence-corrected chi connectivity index (χ3v) is 10.2. The van der Waals surface area contributed by atoms with Crippen molar-refractivity contribution in [2.24, 2.45) is 0 Å². The van der Waals surface area contributed by atoms with E-state index in [1.807, 2.05) is 43.0 Å². The monoisotopic (exact) mass is 628 g/mol. The number of carbonyl (C=O) groups is 3. The SMILES string of the molecule is C=CCOC(=O)N1CC(SC(c2ccccc2)(c2ccccc2)c2ccccc2)CC1/C=C(/C)CN1C(=O)c2ccccc2C1=O. The second-order valence-electron chi connectivity index (χ2n) is 11.6. The van der Waals surface area contributed by atoms with E-state index in [0.717, 1.165) is 22.3 Å². The molecule has 0 aromatic heterocycles. The van der Waals surface area contributed by atoms with Crippen LogP contribution in [-0.2, 0) is 9.48 Å². The molecular weight excluding hydrogens is 593 g/mol. The van der Waals surface area contributed by atoms with E-state index in [9.17, 15) is 14.4 Å². The van der Waals surface area contributed by atoms with Gasteiger partial charge in [-0.05, 0) is 42.2 Å². The number of ether oxygens (including phenoxy) is 1. The summed E-state index contributed by atoms with van der Waals surface area (Å²) in [5.41, 5.74) is 5.13. The van der Waals surface area contributed by atoms with E-state index in [1.165, 1.54) is 4.90 Å². The molecule has 2 heterocycles. The van der Waals surface area contributed by atoms with Crippen molar-refractivity contribution in [1.82, 2.24) is 9.80 Å². The molecule has 46 heavy (non-hydrogen) atoms. The van der Waals surface area contributed by atoms with Gasteiger partial charge in [-0.15, -0.1) is 11.8 Å². The minimum absolute atomic E-state index is 0.0326. The molecule has 232 valence electrons. The number of rotatable bonds is 10. The maximum atomic E-state index is 13.4. The van der Waals surface area contributed by atoms with Crippen molar-refractivity contribution in [3.8, 4) is 0 Å². The Morgan fingerprint density at radius 1 is 0.826 bits per heavy atom. The van der Waals surface area contributed by atoms with Crippen LogP contribution < -0.4 is 0 Å². The third kappa shape index (κ3) is 6.03. The van der Waals surface area contributed by atoms with Gasteiger partial charge < -0.3 is 9.64 Å². The molecule has 0 saturated carbocycles. The van der Waals surface area contributed by atoms with Crippen LogP contribution in [0.15, 0.2) is 140 Å². The Hall–Kier alpha value is -4.88. The zero-order valence-electron chi connectivity index (χ0n) is 25.8. The minimum Gasteiger partial charge on any atom is -0.445 e. The predicted octanol–water partition coefficient (Wildman–Crippen LogP) is 7.72. The van der Waals surface area contributed by atoms with Crippen molar-refractivity contribution in [2.45, 2.75) is 29.4 Å². The molecule has 4 aromatic carbocycles. The minimum atomic E-state index is -0.543. The van der Waals surface area contributed by atoms with Gasteiger partial charge in [-0.1, -0.05) is 127 Å². The number of benzene rings is 4. The molecule has 3 amide bonds. The highest BCUT2D eigenvalue weighted by Crippen LogP contribution is 2.52. The van der Waals surface area contributed by atoms with E-state index in [1.54, 1.807) is 35.2 Å². The van der Waals surface area contributed by atoms with Gasteiger partial charge in [0, 0.05) is 11.8 Å². The molecule has 7 heteroatoms. The van der Waals surface area contributed by atoms with Crippen LogP contribution in [0.5, 0.6) is 0 Å². The van der Waals surface area contributed by atoms with Gasteiger partial charge in [0.2, 0.25) is 0 Å². The van der Waals surface area contributed by atoms with Crippen LogP contribution in [0.1, 0.15) is 50.8 Å². The first-order chi connectivity index (χ1) is 22.4. The molecule has 0 radical (unpaired) electrons. The average Bonchev–Trinajstić information content (AvgIpc) is 3.60. The number of thioether (sulfide) groups is 1. The number of amides is 3. The summed E-state index contributed by atoms with van der Waals surface area (Å²) in [6, 6.07) is 38.1. The second kappa shape index (κ2) is 13.6. The highest BCUT2D eigenvalue weighted by Gasteiger charge is 2.44. The summed E-state index contributed by atoms with van der Waals surface area (Å²) in [5.74, 6) is -0.595. The number of hydrogen-bond donors (Lipinski definition) is 0. The van der Waals surface area contributed by atoms with E-state index in [4.69, 9.17) is 4.74 Å². The standard InChI is InChI=1S/C39H36N2O4S/c1-3-23-45-38(44)40-27-33(25-32(40)24-28(2)26-41-36(42)34-21-13-14-22-35(34)37(41)43)46-39(29-15-7-4-8-16-29,30-17-9-5-10-18-30)31-19-11-6-12-20-31/h3-22,24,32-33H,1,23,25-27H2,2H3/b28-24-. The molecule has 0 bridgehead atoms. The Balaban J connectivity index is 1.34. The molecule has 6 nitrogen and oxygen atoms in total. The first kappa shape index (κ1) is 31.1. The first-order valence-electron chi connectivity index (χ1n) is 15.4. The zero-order chi connectivity index (χ0) is 32.1. The summed E-state index contributed by atoms with van der Waals surface area (Å²) >= 11 is 1.84. The number of likely N-dealkylation sites (tertiary alicyclic amines) is 1. The van der Waals surface area contributed by atoms with Gasteiger partial charge in [0.1, 0.15) is 6.61 Å². The van der Waals surface area contributed by atoms with E-state index >= 15 is 0 Å². The molecular formula is C39H36N2O4S. The quantitative estimate of drug-likeness (QED) is 0.102. The molecule has 0 aliphatic carbocycles. The van der Waals surface area contributed by atoms with E-state index in [-0.39, 0.29) is 36.3 Å². The van der Waals surface area contributed by atoms with Crippen LogP contribution in [0.2, 0.25) is 0 Å². The lowest BCUT2D eigenvalue weighted by Crippen LogP contribution is -2.36. The van der Waals surface area contributed by atoms with Crippen molar-refractivity contribution in [1.29, 1.82) is 0 Å². The number of imide groups is 1. The molecule has 1 saturated heterocycles. The molecule has 2 aliphatic heterocycles. The van der Waals surface area contributed by atoms with Gasteiger partial charge in [-0.2, -0.15) is 0 Å². The lowest BCUT2D eigenvalue weighted by molar-refractivity contribution is 0.0667. The summed E-state index contributed by atoms with van der Waals surface area (Å²) in [6.07, 6.45) is 3.82. The van der Waals surface area contributed by atoms with Crippen LogP contribution in [0.25, 0.3) is 0 Å². The number of fused-ring (bicyclic) bond motifs is 1. The van der Waals surface area contributed by atoms with E-state index in [0.29, 0.717) is 24.1 Å². The molecule has 6 rings (SSSR count). The Morgan fingerprint density at radius 2 is 1.30 bits per heavy atom. The highest BCUT2D eigenvalue weighted by atomic mass is 32.2. The Morgan fingerprint density at radius 3 is 1.78 bits per heavy atom. The van der Waals surface area contributed by atoms with Gasteiger partial charge in [-0.25, -0.2) is 4.79 Å². The van der Waals surface area contributed by atoms with Gasteiger partial charge in [0.15, 0.2) is 0 Å². The van der Waals surface area contributed by atoms with Gasteiger partial charge >= 0.3 is 6.09 Å². The lowest BCUT2D eigenvalue weighted by Gasteiger charge is -2.37. The van der Waals surface area contributed by atoms with Crippen molar-refractivity contribution in [3.05, 3.63) is 167 Å². The van der Waals surface area contributed by atoms with Crippen molar-refractivity contribution in [2.75, 3.05) is 19.7 Å². The molecule has 1 fully saturated rings. The number of nitrogens with zero attached hydrogens (tertiary/aromatic N) is 2. The van der Waals surface area contributed by atoms with Crippen molar-refractivity contribution < 1.29 is 19.1 Å². The third-order valence-electron chi connectivity index (χ3n) is 8.51. The van der Waals surface area contributed by atoms with E-state index < -0.39 is 10.8 Å². The average molecular weight is 629 g/mol. The summed E-state index contributed by atoms with van der Waals surface area (Å²) in [6.45, 7) is 6.33. The fourth-order valence-corrected chi connectivity index (χ4v) is 8.32. The molecule has 2 aliphatic rings. The fourth-order valence-electron chi connectivity index (χ4n) is 6.48. The van der Waals surface area contributed by atoms with Crippen LogP contribution in [-0.4, -0.2) is 58.7 Å². The molecule has 0 spiro atoms. The van der Waals surface area contributed by atoms with Gasteiger partial charge in [-0.3, -0.25) is 14.5 Å². The molecule has 4 aromatic rings. The molecule has 2 unspecified atom stereocenters. The van der Waals surface area contributed by atoms with Crippen LogP contribution in [0, 0.1) is 0 Å². The summed E-state index contributed by atoms with van der Waals surface area (Å²) in [4.78, 5) is 42.6. The fraction of sp³-hybridized carbons (Fsp3) is 0.205. The Labute approximate surface area is 274 Å². The lowest BCUT2D eigenvalue weighted by atomic mass is 9.84. The maximum absolute atomic E-state index is 13.4. The Kier molecular flexibility index (Phi) is 9.22. The summed E-state index contributed by atoms with van der Waals surface area (Å²) in [5, 5.41) is 0.0326. The normalized spacial score (nSPS) is 18.1. The number of carbonyl (C=O) groups excluding carboxylic acids is 3. The van der Waals surface area contributed by atoms with E-state index in [2.05, 4.69) is 79.4 Å². The second-order valence-corrected chi connectivity index (χ2v) is 13.1. The molecule has 2 atom stereocenters. The van der Waals surface area contributed by atoms with Crippen LogP contribution in [0.4, 0.5) is 4.79 Å². The van der Waals surface area contributed by atoms with Crippen molar-refractivity contribution >= 4 is 29.7 Å².